The predicted octanol–water partition coefficient (Wildman–Crippen LogP) is 0.0928. The molecule has 0 radical (unpaired) electrons. The molecule has 0 aliphatic carbocycles. The molecule has 82 valence electrons. The van der Waals surface area contributed by atoms with Crippen LogP contribution in [0.3, 0.4) is 0 Å². The first kappa shape index (κ1) is 11.2. The van der Waals surface area contributed by atoms with Gasteiger partial charge in [0.1, 0.15) is 5.69 Å². The van der Waals surface area contributed by atoms with Gasteiger partial charge in [0.15, 0.2) is 0 Å². The number of carbonyl (C=O) groups is 2. The Morgan fingerprint density at radius 3 is 2.60 bits per heavy atom. The number of aromatic nitrogens is 2. The molecule has 0 saturated carbocycles. The molecule has 0 spiro atoms. The number of carboxylic acid groups (broad SMARTS) is 1. The van der Waals surface area contributed by atoms with Gasteiger partial charge in [-0.1, -0.05) is 0 Å². The van der Waals surface area contributed by atoms with E-state index in [9.17, 15) is 9.59 Å². The zero-order chi connectivity index (χ0) is 11.6. The SMILES string of the molecule is CC(C)(Cn1ccc(C(N)=O)n1)C(=O)O. The molecule has 1 heterocycles. The van der Waals surface area contributed by atoms with E-state index in [-0.39, 0.29) is 12.2 Å². The average molecular weight is 211 g/mol. The first-order chi connectivity index (χ1) is 6.83. The maximum atomic E-state index is 10.8. The van der Waals surface area contributed by atoms with E-state index in [1.165, 1.54) is 16.9 Å². The van der Waals surface area contributed by atoms with E-state index in [1.54, 1.807) is 13.8 Å². The molecule has 6 nitrogen and oxygen atoms in total. The fourth-order valence-corrected chi connectivity index (χ4v) is 1.05. The molecule has 1 aromatic heterocycles. The zero-order valence-corrected chi connectivity index (χ0v) is 8.60. The van der Waals surface area contributed by atoms with Crippen molar-refractivity contribution in [3.63, 3.8) is 0 Å². The highest BCUT2D eigenvalue weighted by Crippen LogP contribution is 2.17. The fourth-order valence-electron chi connectivity index (χ4n) is 1.05. The quantitative estimate of drug-likeness (QED) is 0.737. The molecule has 0 bridgehead atoms. The van der Waals surface area contributed by atoms with Crippen LogP contribution < -0.4 is 5.73 Å². The Morgan fingerprint density at radius 2 is 2.20 bits per heavy atom. The Labute approximate surface area is 86.7 Å². The van der Waals surface area contributed by atoms with Crippen molar-refractivity contribution in [2.45, 2.75) is 20.4 Å². The third-order valence-electron chi connectivity index (χ3n) is 2.03. The molecule has 0 fully saturated rings. The van der Waals surface area contributed by atoms with Gasteiger partial charge in [-0.25, -0.2) is 0 Å². The number of amides is 1. The predicted molar refractivity (Wildman–Crippen MR) is 52.2 cm³/mol. The summed E-state index contributed by atoms with van der Waals surface area (Å²) in [5.74, 6) is -1.54. The van der Waals surface area contributed by atoms with Crippen LogP contribution >= 0.6 is 0 Å². The van der Waals surface area contributed by atoms with Crippen LogP contribution in [0.15, 0.2) is 12.3 Å². The van der Waals surface area contributed by atoms with E-state index < -0.39 is 17.3 Å². The lowest BCUT2D eigenvalue weighted by molar-refractivity contribution is -0.147. The van der Waals surface area contributed by atoms with Gasteiger partial charge in [-0.05, 0) is 19.9 Å². The molecular formula is C9H13N3O3. The molecule has 0 aliphatic rings. The minimum atomic E-state index is -0.930. The number of hydrogen-bond donors (Lipinski definition) is 2. The standard InChI is InChI=1S/C9H13N3O3/c1-9(2,8(14)15)5-12-4-3-6(11-12)7(10)13/h3-4H,5H2,1-2H3,(H2,10,13)(H,14,15). The van der Waals surface area contributed by atoms with E-state index in [1.807, 2.05) is 0 Å². The summed E-state index contributed by atoms with van der Waals surface area (Å²) in [4.78, 5) is 21.6. The number of primary amides is 1. The number of carboxylic acids is 1. The molecule has 15 heavy (non-hydrogen) atoms. The normalized spacial score (nSPS) is 11.3. The van der Waals surface area contributed by atoms with E-state index >= 15 is 0 Å². The van der Waals surface area contributed by atoms with Crippen molar-refractivity contribution in [3.05, 3.63) is 18.0 Å². The molecule has 0 unspecified atom stereocenters. The van der Waals surface area contributed by atoms with Crippen LogP contribution in [-0.4, -0.2) is 26.8 Å². The maximum Gasteiger partial charge on any atom is 0.310 e. The largest absolute Gasteiger partial charge is 0.481 e. The van der Waals surface area contributed by atoms with Gasteiger partial charge in [-0.15, -0.1) is 0 Å². The van der Waals surface area contributed by atoms with Crippen LogP contribution in [0.5, 0.6) is 0 Å². The molecular weight excluding hydrogens is 198 g/mol. The second kappa shape index (κ2) is 3.72. The third kappa shape index (κ3) is 2.55. The van der Waals surface area contributed by atoms with Gasteiger partial charge in [0.2, 0.25) is 0 Å². The van der Waals surface area contributed by atoms with Gasteiger partial charge in [0.05, 0.1) is 12.0 Å². The Morgan fingerprint density at radius 1 is 1.60 bits per heavy atom. The highest BCUT2D eigenvalue weighted by Gasteiger charge is 2.28. The van der Waals surface area contributed by atoms with Crippen LogP contribution in [0, 0.1) is 5.41 Å². The first-order valence-electron chi connectivity index (χ1n) is 4.39. The van der Waals surface area contributed by atoms with E-state index in [2.05, 4.69) is 5.10 Å². The number of carbonyl (C=O) groups excluding carboxylic acids is 1. The number of rotatable bonds is 4. The minimum Gasteiger partial charge on any atom is -0.481 e. The summed E-state index contributed by atoms with van der Waals surface area (Å²) in [5, 5.41) is 12.7. The Hall–Kier alpha value is -1.85. The van der Waals surface area contributed by atoms with Crippen molar-refractivity contribution in [2.24, 2.45) is 11.1 Å². The minimum absolute atomic E-state index is 0.135. The van der Waals surface area contributed by atoms with E-state index in [4.69, 9.17) is 10.8 Å². The number of nitrogens with two attached hydrogens (primary N) is 1. The highest BCUT2D eigenvalue weighted by molar-refractivity contribution is 5.90. The van der Waals surface area contributed by atoms with Crippen LogP contribution in [-0.2, 0) is 11.3 Å². The number of nitrogens with zero attached hydrogens (tertiary/aromatic N) is 2. The number of hydrogen-bond acceptors (Lipinski definition) is 3. The van der Waals surface area contributed by atoms with E-state index in [0.717, 1.165) is 0 Å². The summed E-state index contributed by atoms with van der Waals surface area (Å²) in [6.45, 7) is 3.36. The molecule has 1 rings (SSSR count). The molecule has 0 saturated heterocycles. The molecule has 6 heteroatoms. The number of aliphatic carboxylic acids is 1. The highest BCUT2D eigenvalue weighted by atomic mass is 16.4. The third-order valence-corrected chi connectivity index (χ3v) is 2.03. The zero-order valence-electron chi connectivity index (χ0n) is 8.60. The second-order valence-electron chi connectivity index (χ2n) is 3.95. The van der Waals surface area contributed by atoms with Gasteiger partial charge in [0, 0.05) is 6.20 Å². The molecule has 1 amide bonds. The lowest BCUT2D eigenvalue weighted by Crippen LogP contribution is -2.29. The molecule has 0 aliphatic heterocycles. The monoisotopic (exact) mass is 211 g/mol. The van der Waals surface area contributed by atoms with Gasteiger partial charge in [0.25, 0.3) is 5.91 Å². The summed E-state index contributed by atoms with van der Waals surface area (Å²) >= 11 is 0. The maximum absolute atomic E-state index is 10.8. The fraction of sp³-hybridized carbons (Fsp3) is 0.444. The topological polar surface area (TPSA) is 98.2 Å². The molecule has 1 aromatic rings. The van der Waals surface area contributed by atoms with Crippen molar-refractivity contribution < 1.29 is 14.7 Å². The Kier molecular flexibility index (Phi) is 2.78. The Balaban J connectivity index is 2.82. The molecule has 0 aromatic carbocycles. The second-order valence-corrected chi connectivity index (χ2v) is 3.95. The lowest BCUT2D eigenvalue weighted by Gasteiger charge is -2.18. The molecule has 0 atom stereocenters. The van der Waals surface area contributed by atoms with Crippen molar-refractivity contribution in [1.82, 2.24) is 9.78 Å². The van der Waals surface area contributed by atoms with Gasteiger partial charge >= 0.3 is 5.97 Å². The summed E-state index contributed by atoms with van der Waals surface area (Å²) in [6, 6.07) is 1.46. The summed E-state index contributed by atoms with van der Waals surface area (Å²) < 4.78 is 1.40. The summed E-state index contributed by atoms with van der Waals surface area (Å²) in [6.07, 6.45) is 1.53. The van der Waals surface area contributed by atoms with Gasteiger partial charge in [-0.2, -0.15) is 5.10 Å². The molecule has 3 N–H and O–H groups in total. The van der Waals surface area contributed by atoms with Crippen molar-refractivity contribution >= 4 is 11.9 Å². The smallest absolute Gasteiger partial charge is 0.310 e. The van der Waals surface area contributed by atoms with E-state index in [0.29, 0.717) is 0 Å². The summed E-state index contributed by atoms with van der Waals surface area (Å²) in [7, 11) is 0. The Bertz CT molecular complexity index is 395. The van der Waals surface area contributed by atoms with Crippen LogP contribution in [0.1, 0.15) is 24.3 Å². The van der Waals surface area contributed by atoms with Crippen LogP contribution in [0.4, 0.5) is 0 Å². The van der Waals surface area contributed by atoms with Crippen molar-refractivity contribution in [1.29, 1.82) is 0 Å². The van der Waals surface area contributed by atoms with Gasteiger partial charge in [-0.3, -0.25) is 14.3 Å². The van der Waals surface area contributed by atoms with Crippen LogP contribution in [0.25, 0.3) is 0 Å². The van der Waals surface area contributed by atoms with Gasteiger partial charge < -0.3 is 10.8 Å². The first-order valence-corrected chi connectivity index (χ1v) is 4.39. The lowest BCUT2D eigenvalue weighted by atomic mass is 9.94. The average Bonchev–Trinajstić information content (AvgIpc) is 2.51. The van der Waals surface area contributed by atoms with Crippen molar-refractivity contribution in [2.75, 3.05) is 0 Å². The van der Waals surface area contributed by atoms with Crippen molar-refractivity contribution in [3.8, 4) is 0 Å². The summed E-state index contributed by atoms with van der Waals surface area (Å²) in [5.41, 5.74) is 4.23. The van der Waals surface area contributed by atoms with Crippen LogP contribution in [0.2, 0.25) is 0 Å².